The van der Waals surface area contributed by atoms with Gasteiger partial charge in [-0.1, -0.05) is 71.1 Å². The van der Waals surface area contributed by atoms with Gasteiger partial charge in [0.1, 0.15) is 6.17 Å². The molecule has 0 spiro atoms. The molecule has 0 radical (unpaired) electrons. The van der Waals surface area contributed by atoms with Crippen molar-refractivity contribution in [2.24, 2.45) is 0 Å². The summed E-state index contributed by atoms with van der Waals surface area (Å²) < 4.78 is -1.78. The summed E-state index contributed by atoms with van der Waals surface area (Å²) in [4.78, 5) is 28.9. The average Bonchev–Trinajstić information content (AvgIpc) is 2.85. The fraction of sp³-hybridized carbons (Fsp3) is 0.444. The van der Waals surface area contributed by atoms with Gasteiger partial charge in [0.05, 0.1) is 4.91 Å². The van der Waals surface area contributed by atoms with E-state index in [2.05, 4.69) is 0 Å². The number of benzene rings is 1. The smallest absolute Gasteiger partial charge is 0.279 e. The Hall–Kier alpha value is -0.720. The molecule has 4 nitrogen and oxygen atoms in total. The molecular formula is C18H19Cl3N2O2S. The average molecular weight is 434 g/mol. The van der Waals surface area contributed by atoms with Crippen molar-refractivity contribution in [1.29, 1.82) is 0 Å². The molecule has 2 aliphatic heterocycles. The molecule has 1 unspecified atom stereocenters. The summed E-state index contributed by atoms with van der Waals surface area (Å²) in [5.74, 6) is -0.414. The van der Waals surface area contributed by atoms with Crippen LogP contribution in [0.3, 0.4) is 0 Å². The molecule has 1 atom stereocenters. The van der Waals surface area contributed by atoms with E-state index in [0.29, 0.717) is 18.0 Å². The number of amides is 2. The van der Waals surface area contributed by atoms with E-state index < -0.39 is 21.1 Å². The second-order valence-corrected chi connectivity index (χ2v) is 9.84. The molecule has 2 amide bonds. The molecule has 26 heavy (non-hydrogen) atoms. The number of piperidine rings is 1. The van der Waals surface area contributed by atoms with E-state index in [4.69, 9.17) is 34.8 Å². The van der Waals surface area contributed by atoms with E-state index in [1.807, 2.05) is 36.1 Å². The highest BCUT2D eigenvalue weighted by molar-refractivity contribution is 8.18. The zero-order valence-electron chi connectivity index (χ0n) is 14.3. The second-order valence-electron chi connectivity index (χ2n) is 6.47. The van der Waals surface area contributed by atoms with Gasteiger partial charge in [-0.25, -0.2) is 4.90 Å². The molecule has 0 aliphatic carbocycles. The molecule has 1 aromatic carbocycles. The van der Waals surface area contributed by atoms with Crippen molar-refractivity contribution in [2.45, 2.75) is 36.1 Å². The molecular weight excluding hydrogens is 415 g/mol. The lowest BCUT2D eigenvalue weighted by atomic mass is 10.1. The molecule has 0 bridgehead atoms. The first-order chi connectivity index (χ1) is 12.3. The largest absolute Gasteiger partial charge is 0.295 e. The quantitative estimate of drug-likeness (QED) is 0.484. The summed E-state index contributed by atoms with van der Waals surface area (Å²) in [6.45, 7) is 3.37. The molecule has 140 valence electrons. The molecule has 3 rings (SSSR count). The van der Waals surface area contributed by atoms with Gasteiger partial charge in [0.2, 0.25) is 3.79 Å². The van der Waals surface area contributed by atoms with Gasteiger partial charge in [-0.05, 0) is 43.2 Å². The minimum atomic E-state index is -1.78. The van der Waals surface area contributed by atoms with Gasteiger partial charge in [0, 0.05) is 13.1 Å². The number of alkyl halides is 3. The van der Waals surface area contributed by atoms with Gasteiger partial charge in [-0.3, -0.25) is 14.5 Å². The van der Waals surface area contributed by atoms with Gasteiger partial charge in [-0.15, -0.1) is 0 Å². The number of hydrogen-bond donors (Lipinski definition) is 0. The van der Waals surface area contributed by atoms with E-state index >= 15 is 0 Å². The fourth-order valence-corrected chi connectivity index (χ4v) is 4.74. The number of thioether (sulfide) groups is 1. The molecule has 0 saturated carbocycles. The minimum absolute atomic E-state index is 0.343. The van der Waals surface area contributed by atoms with Crippen LogP contribution in [0.4, 0.5) is 4.79 Å². The second kappa shape index (κ2) is 8.11. The third-order valence-electron chi connectivity index (χ3n) is 4.47. The van der Waals surface area contributed by atoms with Gasteiger partial charge >= 0.3 is 0 Å². The lowest BCUT2D eigenvalue weighted by molar-refractivity contribution is -0.127. The number of aryl methyl sites for hydroxylation is 1. The Kier molecular flexibility index (Phi) is 6.25. The summed E-state index contributed by atoms with van der Waals surface area (Å²) in [6, 6.07) is 7.71. The van der Waals surface area contributed by atoms with Gasteiger partial charge < -0.3 is 0 Å². The van der Waals surface area contributed by atoms with Crippen LogP contribution in [0.1, 0.15) is 30.4 Å². The zero-order chi connectivity index (χ0) is 18.9. The fourth-order valence-electron chi connectivity index (χ4n) is 3.18. The van der Waals surface area contributed by atoms with Crippen LogP contribution in [0.5, 0.6) is 0 Å². The Morgan fingerprint density at radius 1 is 1.08 bits per heavy atom. The molecule has 0 N–H and O–H groups in total. The number of imide groups is 1. The lowest BCUT2D eigenvalue weighted by Crippen LogP contribution is -2.58. The predicted octanol–water partition coefficient (Wildman–Crippen LogP) is 5.21. The van der Waals surface area contributed by atoms with Crippen LogP contribution >= 0.6 is 46.6 Å². The third kappa shape index (κ3) is 4.39. The number of carbonyl (C=O) groups excluding carboxylic acids is 2. The predicted molar refractivity (Wildman–Crippen MR) is 108 cm³/mol. The van der Waals surface area contributed by atoms with Crippen LogP contribution in [0.15, 0.2) is 29.2 Å². The molecule has 1 aromatic rings. The van der Waals surface area contributed by atoms with Crippen LogP contribution in [-0.2, 0) is 4.79 Å². The normalized spacial score (nSPS) is 22.3. The first-order valence-electron chi connectivity index (χ1n) is 8.42. The minimum Gasteiger partial charge on any atom is -0.279 e. The number of nitrogens with zero attached hydrogens (tertiary/aromatic N) is 2. The van der Waals surface area contributed by atoms with Crippen LogP contribution in [0.25, 0.3) is 6.08 Å². The number of halogens is 3. The summed E-state index contributed by atoms with van der Waals surface area (Å²) in [5, 5.41) is -0.407. The van der Waals surface area contributed by atoms with Crippen molar-refractivity contribution < 1.29 is 9.59 Å². The van der Waals surface area contributed by atoms with E-state index in [-0.39, 0.29) is 0 Å². The van der Waals surface area contributed by atoms with Gasteiger partial charge in [0.25, 0.3) is 11.1 Å². The Balaban J connectivity index is 1.89. The Labute approximate surface area is 172 Å². The van der Waals surface area contributed by atoms with Crippen molar-refractivity contribution in [1.82, 2.24) is 9.80 Å². The molecule has 8 heteroatoms. The molecule has 2 saturated heterocycles. The maximum Gasteiger partial charge on any atom is 0.295 e. The van der Waals surface area contributed by atoms with E-state index in [0.717, 1.165) is 47.1 Å². The van der Waals surface area contributed by atoms with Crippen molar-refractivity contribution in [3.05, 3.63) is 40.3 Å². The molecule has 2 heterocycles. The third-order valence-corrected chi connectivity index (χ3v) is 5.94. The van der Waals surface area contributed by atoms with Crippen molar-refractivity contribution in [3.63, 3.8) is 0 Å². The lowest BCUT2D eigenvalue weighted by Gasteiger charge is -2.41. The van der Waals surface area contributed by atoms with E-state index in [1.165, 1.54) is 0 Å². The summed E-state index contributed by atoms with van der Waals surface area (Å²) in [6.07, 6.45) is 3.80. The van der Waals surface area contributed by atoms with Gasteiger partial charge in [0.15, 0.2) is 0 Å². The molecule has 2 aliphatic rings. The topological polar surface area (TPSA) is 40.6 Å². The van der Waals surface area contributed by atoms with Crippen LogP contribution in [0, 0.1) is 6.92 Å². The maximum atomic E-state index is 12.9. The first kappa shape index (κ1) is 20.0. The first-order valence-corrected chi connectivity index (χ1v) is 10.4. The Morgan fingerprint density at radius 3 is 2.27 bits per heavy atom. The Bertz CT molecular complexity index is 725. The standard InChI is InChI=1S/C18H19Cl3N2O2S/c1-12-5-7-13(8-6-12)11-14-15(24)23(17(25)26-14)16(18(19,20)21)22-9-3-2-4-10-22/h5-8,11,16H,2-4,9-10H2,1H3/b14-11+. The highest BCUT2D eigenvalue weighted by atomic mass is 35.6. The van der Waals surface area contributed by atoms with E-state index in [9.17, 15) is 9.59 Å². The zero-order valence-corrected chi connectivity index (χ0v) is 17.3. The van der Waals surface area contributed by atoms with Crippen molar-refractivity contribution in [3.8, 4) is 0 Å². The summed E-state index contributed by atoms with van der Waals surface area (Å²) in [5.41, 5.74) is 1.97. The number of likely N-dealkylation sites (tertiary alicyclic amines) is 1. The maximum absolute atomic E-state index is 12.9. The van der Waals surface area contributed by atoms with Crippen molar-refractivity contribution >= 4 is 63.8 Å². The van der Waals surface area contributed by atoms with Crippen LogP contribution in [0.2, 0.25) is 0 Å². The SMILES string of the molecule is Cc1ccc(/C=C2/SC(=O)N(C(N3CCCCC3)C(Cl)(Cl)Cl)C2=O)cc1. The van der Waals surface area contributed by atoms with Crippen molar-refractivity contribution in [2.75, 3.05) is 13.1 Å². The summed E-state index contributed by atoms with van der Waals surface area (Å²) >= 11 is 19.4. The molecule has 2 fully saturated rings. The van der Waals surface area contributed by atoms with Crippen LogP contribution in [-0.4, -0.2) is 44.0 Å². The molecule has 0 aromatic heterocycles. The van der Waals surface area contributed by atoms with Crippen LogP contribution < -0.4 is 0 Å². The highest BCUT2D eigenvalue weighted by Crippen LogP contribution is 2.42. The van der Waals surface area contributed by atoms with Gasteiger partial charge in [-0.2, -0.15) is 0 Å². The highest BCUT2D eigenvalue weighted by Gasteiger charge is 2.50. The number of rotatable bonds is 3. The monoisotopic (exact) mass is 432 g/mol. The Morgan fingerprint density at radius 2 is 1.69 bits per heavy atom. The number of hydrogen-bond acceptors (Lipinski definition) is 4. The number of carbonyl (C=O) groups is 2. The van der Waals surface area contributed by atoms with E-state index in [1.54, 1.807) is 6.08 Å². The summed E-state index contributed by atoms with van der Waals surface area (Å²) in [7, 11) is 0.